The Kier molecular flexibility index (Phi) is 3.69. The molecule has 0 aliphatic heterocycles. The molecule has 0 aromatic heterocycles. The molecule has 0 heterocycles. The first-order valence-electron chi connectivity index (χ1n) is 3.91. The van der Waals surface area contributed by atoms with Crippen molar-refractivity contribution >= 4 is 15.9 Å². The minimum absolute atomic E-state index is 0.317. The lowest BCUT2D eigenvalue weighted by Gasteiger charge is -2.06. The zero-order valence-electron chi connectivity index (χ0n) is 7.31. The fourth-order valence-electron chi connectivity index (χ4n) is 1.08. The Bertz CT molecular complexity index is 304. The van der Waals surface area contributed by atoms with Gasteiger partial charge >= 0.3 is 0 Å². The molecule has 0 saturated heterocycles. The summed E-state index contributed by atoms with van der Waals surface area (Å²) in [4.78, 5) is 0. The predicted octanol–water partition coefficient (Wildman–Crippen LogP) is 2.10. The summed E-state index contributed by atoms with van der Waals surface area (Å²) >= 11 is 3.09. The van der Waals surface area contributed by atoms with E-state index in [-0.39, 0.29) is 5.82 Å². The van der Waals surface area contributed by atoms with E-state index in [4.69, 9.17) is 10.5 Å². The van der Waals surface area contributed by atoms with Gasteiger partial charge in [0.1, 0.15) is 11.6 Å². The van der Waals surface area contributed by atoms with Crippen LogP contribution in [0.15, 0.2) is 16.6 Å². The predicted molar refractivity (Wildman–Crippen MR) is 53.4 cm³/mol. The number of halogens is 2. The maximum Gasteiger partial charge on any atom is 0.141 e. The van der Waals surface area contributed by atoms with Crippen LogP contribution in [-0.4, -0.2) is 13.7 Å². The van der Waals surface area contributed by atoms with E-state index in [9.17, 15) is 4.39 Å². The summed E-state index contributed by atoms with van der Waals surface area (Å²) in [6.07, 6.45) is 0.653. The Morgan fingerprint density at radius 2 is 2.23 bits per heavy atom. The van der Waals surface area contributed by atoms with Gasteiger partial charge in [0.25, 0.3) is 0 Å². The van der Waals surface area contributed by atoms with Gasteiger partial charge in [-0.3, -0.25) is 0 Å². The average Bonchev–Trinajstić information content (AvgIpc) is 2.11. The summed E-state index contributed by atoms with van der Waals surface area (Å²) in [5.41, 5.74) is 6.21. The van der Waals surface area contributed by atoms with E-state index in [0.717, 1.165) is 5.56 Å². The molecule has 1 rings (SSSR count). The van der Waals surface area contributed by atoms with Crippen molar-refractivity contribution < 1.29 is 9.13 Å². The van der Waals surface area contributed by atoms with Crippen molar-refractivity contribution in [2.45, 2.75) is 6.42 Å². The number of hydrogen-bond acceptors (Lipinski definition) is 2. The minimum Gasteiger partial charge on any atom is -0.495 e. The molecule has 0 spiro atoms. The molecular weight excluding hydrogens is 237 g/mol. The normalized spacial score (nSPS) is 10.2. The van der Waals surface area contributed by atoms with Gasteiger partial charge < -0.3 is 10.5 Å². The molecule has 1 aromatic rings. The van der Waals surface area contributed by atoms with E-state index in [2.05, 4.69) is 15.9 Å². The molecule has 0 bridgehead atoms. The van der Waals surface area contributed by atoms with Gasteiger partial charge in [0.2, 0.25) is 0 Å². The van der Waals surface area contributed by atoms with Gasteiger partial charge in [-0.1, -0.05) is 0 Å². The van der Waals surface area contributed by atoms with Gasteiger partial charge in [0, 0.05) is 0 Å². The summed E-state index contributed by atoms with van der Waals surface area (Å²) in [7, 11) is 1.51. The second-order valence-electron chi connectivity index (χ2n) is 2.63. The number of ether oxygens (including phenoxy) is 1. The molecule has 2 N–H and O–H groups in total. The lowest BCUT2D eigenvalue weighted by Crippen LogP contribution is -2.03. The standard InChI is InChI=1S/C9H11BrFNO/c1-13-8-5-6(2-3-12)4-7(11)9(8)10/h4-5H,2-3,12H2,1H3. The van der Waals surface area contributed by atoms with Crippen LogP contribution in [0.5, 0.6) is 5.75 Å². The fourth-order valence-corrected chi connectivity index (χ4v) is 1.47. The summed E-state index contributed by atoms with van der Waals surface area (Å²) in [5.74, 6) is 0.186. The Balaban J connectivity index is 3.06. The zero-order chi connectivity index (χ0) is 9.84. The Hall–Kier alpha value is -0.610. The van der Waals surface area contributed by atoms with Crippen molar-refractivity contribution in [3.8, 4) is 5.75 Å². The monoisotopic (exact) mass is 247 g/mol. The van der Waals surface area contributed by atoms with Crippen molar-refractivity contribution in [2.24, 2.45) is 5.73 Å². The first kappa shape index (κ1) is 10.5. The fraction of sp³-hybridized carbons (Fsp3) is 0.333. The molecule has 0 unspecified atom stereocenters. The van der Waals surface area contributed by atoms with Crippen LogP contribution in [0.2, 0.25) is 0 Å². The van der Waals surface area contributed by atoms with E-state index in [0.29, 0.717) is 23.2 Å². The zero-order valence-corrected chi connectivity index (χ0v) is 8.90. The molecule has 0 saturated carbocycles. The maximum atomic E-state index is 13.2. The highest BCUT2D eigenvalue weighted by Crippen LogP contribution is 2.29. The van der Waals surface area contributed by atoms with Gasteiger partial charge in [-0.15, -0.1) is 0 Å². The molecule has 72 valence electrons. The third-order valence-corrected chi connectivity index (χ3v) is 2.48. The summed E-state index contributed by atoms with van der Waals surface area (Å²) in [5, 5.41) is 0. The van der Waals surface area contributed by atoms with Crippen molar-refractivity contribution in [3.63, 3.8) is 0 Å². The number of rotatable bonds is 3. The number of nitrogens with two attached hydrogens (primary N) is 1. The SMILES string of the molecule is COc1cc(CCN)cc(F)c1Br. The van der Waals surface area contributed by atoms with Crippen molar-refractivity contribution in [2.75, 3.05) is 13.7 Å². The second-order valence-corrected chi connectivity index (χ2v) is 3.43. The molecule has 4 heteroatoms. The Labute approximate surface area is 85.0 Å². The molecule has 0 fully saturated rings. The van der Waals surface area contributed by atoms with E-state index in [1.54, 1.807) is 6.07 Å². The second kappa shape index (κ2) is 4.58. The van der Waals surface area contributed by atoms with Gasteiger partial charge in [-0.05, 0) is 46.6 Å². The molecule has 0 atom stereocenters. The van der Waals surface area contributed by atoms with Crippen LogP contribution in [0.4, 0.5) is 4.39 Å². The quantitative estimate of drug-likeness (QED) is 0.888. The Morgan fingerprint density at radius 3 is 2.77 bits per heavy atom. The highest BCUT2D eigenvalue weighted by molar-refractivity contribution is 9.10. The van der Waals surface area contributed by atoms with Crippen LogP contribution >= 0.6 is 15.9 Å². The number of methoxy groups -OCH3 is 1. The van der Waals surface area contributed by atoms with Crippen LogP contribution in [0.3, 0.4) is 0 Å². The van der Waals surface area contributed by atoms with Crippen molar-refractivity contribution in [1.29, 1.82) is 0 Å². The smallest absolute Gasteiger partial charge is 0.141 e. The highest BCUT2D eigenvalue weighted by atomic mass is 79.9. The summed E-state index contributed by atoms with van der Waals surface area (Å²) < 4.78 is 18.5. The molecule has 0 aliphatic carbocycles. The minimum atomic E-state index is -0.317. The molecule has 13 heavy (non-hydrogen) atoms. The maximum absolute atomic E-state index is 13.2. The first-order chi connectivity index (χ1) is 6.19. The number of hydrogen-bond donors (Lipinski definition) is 1. The molecule has 0 amide bonds. The molecule has 1 aromatic carbocycles. The lowest BCUT2D eigenvalue weighted by atomic mass is 10.1. The first-order valence-corrected chi connectivity index (χ1v) is 4.70. The van der Waals surface area contributed by atoms with Crippen LogP contribution in [0.25, 0.3) is 0 Å². The van der Waals surface area contributed by atoms with Crippen LogP contribution in [0, 0.1) is 5.82 Å². The van der Waals surface area contributed by atoms with Gasteiger partial charge in [0.15, 0.2) is 0 Å². The summed E-state index contributed by atoms with van der Waals surface area (Å²) in [6.45, 7) is 0.504. The van der Waals surface area contributed by atoms with E-state index in [1.165, 1.54) is 13.2 Å². The van der Waals surface area contributed by atoms with Crippen LogP contribution in [-0.2, 0) is 6.42 Å². The highest BCUT2D eigenvalue weighted by Gasteiger charge is 2.08. The topological polar surface area (TPSA) is 35.2 Å². The lowest BCUT2D eigenvalue weighted by molar-refractivity contribution is 0.407. The van der Waals surface area contributed by atoms with Gasteiger partial charge in [-0.25, -0.2) is 4.39 Å². The van der Waals surface area contributed by atoms with E-state index in [1.807, 2.05) is 0 Å². The van der Waals surface area contributed by atoms with E-state index >= 15 is 0 Å². The third-order valence-electron chi connectivity index (χ3n) is 1.71. The van der Waals surface area contributed by atoms with Crippen LogP contribution in [0.1, 0.15) is 5.56 Å². The number of benzene rings is 1. The molecule has 0 radical (unpaired) electrons. The summed E-state index contributed by atoms with van der Waals surface area (Å²) in [6, 6.07) is 3.24. The van der Waals surface area contributed by atoms with Crippen molar-refractivity contribution in [3.05, 3.63) is 28.0 Å². The van der Waals surface area contributed by atoms with Gasteiger partial charge in [-0.2, -0.15) is 0 Å². The average molecular weight is 248 g/mol. The van der Waals surface area contributed by atoms with E-state index < -0.39 is 0 Å². The molecular formula is C9H11BrFNO. The molecule has 0 aliphatic rings. The third kappa shape index (κ3) is 2.42. The van der Waals surface area contributed by atoms with Gasteiger partial charge in [0.05, 0.1) is 11.6 Å². The van der Waals surface area contributed by atoms with Crippen LogP contribution < -0.4 is 10.5 Å². The largest absolute Gasteiger partial charge is 0.495 e. The Morgan fingerprint density at radius 1 is 1.54 bits per heavy atom. The van der Waals surface area contributed by atoms with Crippen molar-refractivity contribution in [1.82, 2.24) is 0 Å². The molecule has 2 nitrogen and oxygen atoms in total.